The van der Waals surface area contributed by atoms with Crippen molar-refractivity contribution in [3.63, 3.8) is 0 Å². The number of nitrogens with one attached hydrogen (secondary N) is 1. The number of unbranched alkanes of at least 4 members (excludes halogenated alkanes) is 2. The lowest BCUT2D eigenvalue weighted by atomic mass is 10.0. The summed E-state index contributed by atoms with van der Waals surface area (Å²) < 4.78 is 0. The number of rotatable bonds is 14. The van der Waals surface area contributed by atoms with E-state index in [-0.39, 0.29) is 29.6 Å². The molecule has 0 unspecified atom stereocenters. The van der Waals surface area contributed by atoms with E-state index >= 15 is 0 Å². The van der Waals surface area contributed by atoms with E-state index in [9.17, 15) is 24.6 Å². The Bertz CT molecular complexity index is 1340. The zero-order valence-corrected chi connectivity index (χ0v) is 24.5. The van der Waals surface area contributed by atoms with E-state index in [1.807, 2.05) is 0 Å². The van der Waals surface area contributed by atoms with Crippen LogP contribution in [-0.4, -0.2) is 28.0 Å². The third kappa shape index (κ3) is 8.44. The fraction of sp³-hybridized carbons (Fsp3) is 0.400. The van der Waals surface area contributed by atoms with Crippen molar-refractivity contribution in [2.45, 2.75) is 84.2 Å². The number of carbonyl (C=O) groups is 3. The molecule has 7 heteroatoms. The Morgan fingerprint density at radius 2 is 1.55 bits per heavy atom. The Kier molecular flexibility index (Phi) is 11.2. The third-order valence-electron chi connectivity index (χ3n) is 8.18. The minimum absolute atomic E-state index is 0.145. The minimum atomic E-state index is -1.26. The molecule has 0 spiro atoms. The van der Waals surface area contributed by atoms with Crippen molar-refractivity contribution in [2.75, 3.05) is 4.90 Å². The highest BCUT2D eigenvalue weighted by atomic mass is 16.4. The quantitative estimate of drug-likeness (QED) is 0.177. The Hall–Kier alpha value is -4.13. The van der Waals surface area contributed by atoms with Crippen LogP contribution in [0.3, 0.4) is 0 Å². The summed E-state index contributed by atoms with van der Waals surface area (Å²) in [6.45, 7) is 2.77. The van der Waals surface area contributed by atoms with Crippen LogP contribution in [0.4, 0.5) is 5.69 Å². The zero-order valence-electron chi connectivity index (χ0n) is 24.5. The molecule has 0 aromatic heterocycles. The Labute approximate surface area is 248 Å². The molecule has 0 saturated heterocycles. The number of aryl methyl sites for hydroxylation is 1. The molecule has 0 atom stereocenters. The standard InChI is InChI=1S/C35H42N2O5/c1-2-3-4-8-26-13-15-27(16-14-26)23-36-34(40)29-20-17-28(18-21-29)24-37(32(38)22-19-25-9-5-6-10-25)31-12-7-11-30(33(31)39)35(41)42/h7,11-18,20-21,25,39H,2-6,8-10,19,22-24H2,1H3,(H,36,40)(H,41,42). The van der Waals surface area contributed by atoms with Gasteiger partial charge in [0.2, 0.25) is 5.91 Å². The summed E-state index contributed by atoms with van der Waals surface area (Å²) >= 11 is 0. The average Bonchev–Trinajstić information content (AvgIpc) is 3.52. The van der Waals surface area contributed by atoms with Crippen molar-refractivity contribution < 1.29 is 24.6 Å². The second-order valence-corrected chi connectivity index (χ2v) is 11.3. The van der Waals surface area contributed by atoms with Crippen LogP contribution in [0.1, 0.15) is 102 Å². The lowest BCUT2D eigenvalue weighted by molar-refractivity contribution is -0.119. The number of nitrogens with zero attached hydrogens (tertiary/aromatic N) is 1. The predicted octanol–water partition coefficient (Wildman–Crippen LogP) is 7.26. The van der Waals surface area contributed by atoms with E-state index in [1.54, 1.807) is 30.3 Å². The average molecular weight is 571 g/mol. The van der Waals surface area contributed by atoms with Crippen LogP contribution in [0.2, 0.25) is 0 Å². The molecule has 7 nitrogen and oxygen atoms in total. The minimum Gasteiger partial charge on any atom is -0.505 e. The zero-order chi connectivity index (χ0) is 29.9. The van der Waals surface area contributed by atoms with E-state index in [1.165, 1.54) is 54.7 Å². The van der Waals surface area contributed by atoms with Crippen LogP contribution in [0, 0.1) is 5.92 Å². The Balaban J connectivity index is 1.41. The number of anilines is 1. The number of carboxylic acids is 1. The van der Waals surface area contributed by atoms with Gasteiger partial charge in [-0.3, -0.25) is 9.59 Å². The number of carboxylic acid groups (broad SMARTS) is 1. The first-order valence-electron chi connectivity index (χ1n) is 15.2. The van der Waals surface area contributed by atoms with Crippen molar-refractivity contribution in [2.24, 2.45) is 5.92 Å². The Morgan fingerprint density at radius 1 is 0.881 bits per heavy atom. The molecule has 3 aromatic carbocycles. The first-order chi connectivity index (χ1) is 20.4. The van der Waals surface area contributed by atoms with Gasteiger partial charge in [-0.1, -0.05) is 87.9 Å². The van der Waals surface area contributed by atoms with Crippen molar-refractivity contribution in [1.29, 1.82) is 0 Å². The number of hydrogen-bond acceptors (Lipinski definition) is 4. The number of para-hydroxylation sites is 1. The maximum Gasteiger partial charge on any atom is 0.339 e. The predicted molar refractivity (Wildman–Crippen MR) is 165 cm³/mol. The highest BCUT2D eigenvalue weighted by Gasteiger charge is 2.24. The third-order valence-corrected chi connectivity index (χ3v) is 8.18. The summed E-state index contributed by atoms with van der Waals surface area (Å²) in [7, 11) is 0. The molecule has 0 bridgehead atoms. The van der Waals surface area contributed by atoms with Gasteiger partial charge < -0.3 is 20.4 Å². The summed E-state index contributed by atoms with van der Waals surface area (Å²) in [5.74, 6) is -1.52. The SMILES string of the molecule is CCCCCc1ccc(CNC(=O)c2ccc(CN(C(=O)CCC3CCCC3)c3cccc(C(=O)O)c3O)cc2)cc1. The maximum absolute atomic E-state index is 13.4. The number of carbonyl (C=O) groups excluding carboxylic acids is 2. The molecule has 1 fully saturated rings. The van der Waals surface area contributed by atoms with Gasteiger partial charge in [-0.05, 0) is 66.1 Å². The van der Waals surface area contributed by atoms with E-state index < -0.39 is 11.7 Å². The lowest BCUT2D eigenvalue weighted by Gasteiger charge is -2.25. The topological polar surface area (TPSA) is 107 Å². The van der Waals surface area contributed by atoms with Gasteiger partial charge in [0.05, 0.1) is 12.2 Å². The largest absolute Gasteiger partial charge is 0.505 e. The number of aromatic hydroxyl groups is 1. The summed E-state index contributed by atoms with van der Waals surface area (Å²) in [5, 5.41) is 23.2. The van der Waals surface area contributed by atoms with Crippen LogP contribution in [0.5, 0.6) is 5.75 Å². The number of aromatic carboxylic acids is 1. The summed E-state index contributed by atoms with van der Waals surface area (Å²) in [5.41, 5.74) is 3.53. The van der Waals surface area contributed by atoms with Crippen LogP contribution >= 0.6 is 0 Å². The fourth-order valence-corrected chi connectivity index (χ4v) is 5.62. The molecule has 1 saturated carbocycles. The van der Waals surface area contributed by atoms with Gasteiger partial charge in [0.1, 0.15) is 5.56 Å². The number of phenols is 1. The Morgan fingerprint density at radius 3 is 2.21 bits per heavy atom. The van der Waals surface area contributed by atoms with Gasteiger partial charge in [0.25, 0.3) is 5.91 Å². The second-order valence-electron chi connectivity index (χ2n) is 11.3. The maximum atomic E-state index is 13.4. The molecule has 1 aliphatic rings. The monoisotopic (exact) mass is 570 g/mol. The van der Waals surface area contributed by atoms with Crippen molar-refractivity contribution in [3.05, 3.63) is 94.5 Å². The van der Waals surface area contributed by atoms with Gasteiger partial charge in [-0.25, -0.2) is 4.79 Å². The number of amides is 2. The number of benzene rings is 3. The van der Waals surface area contributed by atoms with Gasteiger partial charge in [0, 0.05) is 18.5 Å². The van der Waals surface area contributed by atoms with E-state index in [2.05, 4.69) is 36.5 Å². The van der Waals surface area contributed by atoms with Crippen LogP contribution in [-0.2, 0) is 24.3 Å². The van der Waals surface area contributed by atoms with Gasteiger partial charge in [-0.15, -0.1) is 0 Å². The number of hydrogen-bond donors (Lipinski definition) is 3. The van der Waals surface area contributed by atoms with Crippen LogP contribution in [0.25, 0.3) is 0 Å². The summed E-state index contributed by atoms with van der Waals surface area (Å²) in [4.78, 5) is 39.3. The first kappa shape index (κ1) is 30.8. The van der Waals surface area contributed by atoms with Gasteiger partial charge in [0.15, 0.2) is 5.75 Å². The molecule has 2 amide bonds. The van der Waals surface area contributed by atoms with Crippen molar-refractivity contribution >= 4 is 23.5 Å². The molecule has 4 rings (SSSR count). The summed E-state index contributed by atoms with van der Waals surface area (Å²) in [6.07, 6.45) is 10.4. The molecule has 3 aromatic rings. The van der Waals surface area contributed by atoms with Crippen LogP contribution < -0.4 is 10.2 Å². The van der Waals surface area contributed by atoms with Gasteiger partial charge in [-0.2, -0.15) is 0 Å². The molecule has 1 aliphatic carbocycles. The summed E-state index contributed by atoms with van der Waals surface area (Å²) in [6, 6.07) is 19.8. The van der Waals surface area contributed by atoms with E-state index in [0.29, 0.717) is 24.4 Å². The molecule has 42 heavy (non-hydrogen) atoms. The second kappa shape index (κ2) is 15.2. The van der Waals surface area contributed by atoms with Crippen molar-refractivity contribution in [1.82, 2.24) is 5.32 Å². The lowest BCUT2D eigenvalue weighted by Crippen LogP contribution is -2.31. The molecule has 222 valence electrons. The molecule has 3 N–H and O–H groups in total. The highest BCUT2D eigenvalue weighted by Crippen LogP contribution is 2.34. The molecular formula is C35H42N2O5. The van der Waals surface area contributed by atoms with E-state index in [0.717, 1.165) is 36.8 Å². The molecular weight excluding hydrogens is 528 g/mol. The molecule has 0 radical (unpaired) electrons. The molecule has 0 aliphatic heterocycles. The first-order valence-corrected chi connectivity index (χ1v) is 15.2. The van der Waals surface area contributed by atoms with Gasteiger partial charge >= 0.3 is 5.97 Å². The smallest absolute Gasteiger partial charge is 0.339 e. The molecule has 0 heterocycles. The normalized spacial score (nSPS) is 13.2. The van der Waals surface area contributed by atoms with Crippen molar-refractivity contribution in [3.8, 4) is 5.75 Å². The van der Waals surface area contributed by atoms with E-state index in [4.69, 9.17) is 0 Å². The highest BCUT2D eigenvalue weighted by molar-refractivity contribution is 5.99. The van der Waals surface area contributed by atoms with Crippen LogP contribution in [0.15, 0.2) is 66.7 Å². The fourth-order valence-electron chi connectivity index (χ4n) is 5.62.